The molecule has 0 bridgehead atoms. The Bertz CT molecular complexity index is 766. The smallest absolute Gasteiger partial charge is 0.131 e. The lowest BCUT2D eigenvalue weighted by atomic mass is 10.0. The summed E-state index contributed by atoms with van der Waals surface area (Å²) in [5.74, 6) is -1.16. The average Bonchev–Trinajstić information content (AvgIpc) is 2.50. The number of benzene rings is 2. The van der Waals surface area contributed by atoms with Crippen LogP contribution in [-0.4, -0.2) is 12.0 Å². The Labute approximate surface area is 121 Å². The topological polar surface area (TPSA) is 24.9 Å². The lowest BCUT2D eigenvalue weighted by Crippen LogP contribution is -2.21. The Balaban J connectivity index is 2.14. The van der Waals surface area contributed by atoms with Crippen molar-refractivity contribution in [2.24, 2.45) is 0 Å². The summed E-state index contributed by atoms with van der Waals surface area (Å²) >= 11 is 0. The second kappa shape index (κ2) is 5.58. The SMILES string of the molecule is CNC(c1ccc2ccccc2n1)c1c(F)cccc1F. The highest BCUT2D eigenvalue weighted by atomic mass is 19.1. The predicted octanol–water partition coefficient (Wildman–Crippen LogP) is 3.82. The Morgan fingerprint density at radius 1 is 0.905 bits per heavy atom. The van der Waals surface area contributed by atoms with Crippen molar-refractivity contribution in [3.63, 3.8) is 0 Å². The molecule has 0 fully saturated rings. The van der Waals surface area contributed by atoms with Crippen LogP contribution in [0.1, 0.15) is 17.3 Å². The van der Waals surface area contributed by atoms with E-state index >= 15 is 0 Å². The summed E-state index contributed by atoms with van der Waals surface area (Å²) < 4.78 is 28.0. The van der Waals surface area contributed by atoms with Gasteiger partial charge in [0.2, 0.25) is 0 Å². The van der Waals surface area contributed by atoms with E-state index in [-0.39, 0.29) is 5.56 Å². The van der Waals surface area contributed by atoms with Gasteiger partial charge in [0, 0.05) is 10.9 Å². The van der Waals surface area contributed by atoms with E-state index in [4.69, 9.17) is 0 Å². The van der Waals surface area contributed by atoms with Crippen LogP contribution in [0.15, 0.2) is 54.6 Å². The van der Waals surface area contributed by atoms with Crippen LogP contribution in [0.25, 0.3) is 10.9 Å². The second-order valence-corrected chi connectivity index (χ2v) is 4.79. The highest BCUT2D eigenvalue weighted by Gasteiger charge is 2.21. The van der Waals surface area contributed by atoms with Crippen LogP contribution in [0.2, 0.25) is 0 Å². The maximum absolute atomic E-state index is 14.0. The third-order valence-corrected chi connectivity index (χ3v) is 3.49. The first kappa shape index (κ1) is 13.6. The van der Waals surface area contributed by atoms with Gasteiger partial charge in [0.15, 0.2) is 0 Å². The first-order valence-electron chi connectivity index (χ1n) is 6.67. The van der Waals surface area contributed by atoms with Gasteiger partial charge in [-0.15, -0.1) is 0 Å². The van der Waals surface area contributed by atoms with Crippen molar-refractivity contribution in [2.75, 3.05) is 7.05 Å². The minimum atomic E-state index is -0.629. The first-order chi connectivity index (χ1) is 10.2. The molecule has 0 aliphatic carbocycles. The highest BCUT2D eigenvalue weighted by Crippen LogP contribution is 2.26. The molecule has 2 aromatic carbocycles. The fraction of sp³-hybridized carbons (Fsp3) is 0.118. The molecule has 0 aliphatic heterocycles. The first-order valence-corrected chi connectivity index (χ1v) is 6.67. The predicted molar refractivity (Wildman–Crippen MR) is 79.0 cm³/mol. The lowest BCUT2D eigenvalue weighted by molar-refractivity contribution is 0.518. The number of nitrogens with one attached hydrogen (secondary N) is 1. The molecule has 0 saturated carbocycles. The molecule has 106 valence electrons. The Morgan fingerprint density at radius 2 is 1.62 bits per heavy atom. The Kier molecular flexibility index (Phi) is 3.62. The third-order valence-electron chi connectivity index (χ3n) is 3.49. The summed E-state index contributed by atoms with van der Waals surface area (Å²) in [7, 11) is 1.66. The molecule has 1 N–H and O–H groups in total. The van der Waals surface area contributed by atoms with Gasteiger partial charge in [-0.25, -0.2) is 8.78 Å². The molecule has 0 spiro atoms. The molecule has 1 unspecified atom stereocenters. The highest BCUT2D eigenvalue weighted by molar-refractivity contribution is 5.78. The summed E-state index contributed by atoms with van der Waals surface area (Å²) in [6, 6.07) is 14.6. The van der Waals surface area contributed by atoms with Gasteiger partial charge in [-0.1, -0.05) is 30.3 Å². The molecule has 1 aromatic heterocycles. The van der Waals surface area contributed by atoms with Crippen molar-refractivity contribution < 1.29 is 8.78 Å². The normalized spacial score (nSPS) is 12.5. The molecule has 1 atom stereocenters. The van der Waals surface area contributed by atoms with Gasteiger partial charge in [-0.2, -0.15) is 0 Å². The fourth-order valence-electron chi connectivity index (χ4n) is 2.47. The third kappa shape index (κ3) is 2.50. The van der Waals surface area contributed by atoms with Gasteiger partial charge < -0.3 is 5.32 Å². The summed E-state index contributed by atoms with van der Waals surface area (Å²) in [5.41, 5.74) is 1.37. The molecular formula is C17H14F2N2. The molecule has 2 nitrogen and oxygen atoms in total. The molecule has 0 amide bonds. The zero-order valence-electron chi connectivity index (χ0n) is 11.5. The van der Waals surface area contributed by atoms with Crippen molar-refractivity contribution in [3.8, 4) is 0 Å². The Hall–Kier alpha value is -2.33. The molecule has 21 heavy (non-hydrogen) atoms. The number of para-hydroxylation sites is 1. The maximum Gasteiger partial charge on any atom is 0.131 e. The van der Waals surface area contributed by atoms with E-state index in [1.165, 1.54) is 18.2 Å². The molecular weight excluding hydrogens is 270 g/mol. The zero-order chi connectivity index (χ0) is 14.8. The van der Waals surface area contributed by atoms with Crippen LogP contribution < -0.4 is 5.32 Å². The van der Waals surface area contributed by atoms with E-state index < -0.39 is 17.7 Å². The maximum atomic E-state index is 14.0. The van der Waals surface area contributed by atoms with Gasteiger partial charge >= 0.3 is 0 Å². The largest absolute Gasteiger partial charge is 0.308 e. The summed E-state index contributed by atoms with van der Waals surface area (Å²) in [4.78, 5) is 4.51. The van der Waals surface area contributed by atoms with Gasteiger partial charge in [0.05, 0.1) is 17.3 Å². The zero-order valence-corrected chi connectivity index (χ0v) is 11.5. The average molecular weight is 284 g/mol. The van der Waals surface area contributed by atoms with Crippen LogP contribution in [0.4, 0.5) is 8.78 Å². The molecule has 1 heterocycles. The standard InChI is InChI=1S/C17H14F2N2/c1-20-17(16-12(18)6-4-7-13(16)19)15-10-9-11-5-2-3-8-14(11)21-15/h2-10,17,20H,1H3. The van der Waals surface area contributed by atoms with Crippen LogP contribution in [0.5, 0.6) is 0 Å². The van der Waals surface area contributed by atoms with Crippen LogP contribution >= 0.6 is 0 Å². The minimum absolute atomic E-state index is 0.0113. The van der Waals surface area contributed by atoms with Crippen molar-refractivity contribution in [1.29, 1.82) is 0 Å². The molecule has 3 aromatic rings. The number of rotatable bonds is 3. The molecule has 4 heteroatoms. The van der Waals surface area contributed by atoms with Crippen LogP contribution in [0.3, 0.4) is 0 Å². The fourth-order valence-corrected chi connectivity index (χ4v) is 2.47. The molecule has 0 saturated heterocycles. The summed E-state index contributed by atoms with van der Waals surface area (Å²) in [5, 5.41) is 3.93. The van der Waals surface area contributed by atoms with E-state index in [2.05, 4.69) is 10.3 Å². The molecule has 0 radical (unpaired) electrons. The van der Waals surface area contributed by atoms with E-state index in [1.807, 2.05) is 30.3 Å². The number of fused-ring (bicyclic) bond motifs is 1. The summed E-state index contributed by atoms with van der Waals surface area (Å²) in [6.45, 7) is 0. The van der Waals surface area contributed by atoms with Gasteiger partial charge in [0.25, 0.3) is 0 Å². The lowest BCUT2D eigenvalue weighted by Gasteiger charge is -2.18. The number of pyridine rings is 1. The van der Waals surface area contributed by atoms with Gasteiger partial charge in [0.1, 0.15) is 11.6 Å². The number of aromatic nitrogens is 1. The van der Waals surface area contributed by atoms with Gasteiger partial charge in [-0.05, 0) is 31.3 Å². The van der Waals surface area contributed by atoms with Crippen molar-refractivity contribution in [1.82, 2.24) is 10.3 Å². The number of halogens is 2. The minimum Gasteiger partial charge on any atom is -0.308 e. The van der Waals surface area contributed by atoms with E-state index in [1.54, 1.807) is 13.1 Å². The molecule has 0 aliphatic rings. The number of hydrogen-bond acceptors (Lipinski definition) is 2. The van der Waals surface area contributed by atoms with E-state index in [0.29, 0.717) is 5.69 Å². The Morgan fingerprint density at radius 3 is 2.33 bits per heavy atom. The van der Waals surface area contributed by atoms with E-state index in [0.717, 1.165) is 10.9 Å². The van der Waals surface area contributed by atoms with Crippen molar-refractivity contribution in [2.45, 2.75) is 6.04 Å². The van der Waals surface area contributed by atoms with Gasteiger partial charge in [-0.3, -0.25) is 4.98 Å². The second-order valence-electron chi connectivity index (χ2n) is 4.79. The van der Waals surface area contributed by atoms with Crippen molar-refractivity contribution in [3.05, 3.63) is 77.5 Å². The number of nitrogens with zero attached hydrogens (tertiary/aromatic N) is 1. The molecule has 3 rings (SSSR count). The summed E-state index contributed by atoms with van der Waals surface area (Å²) in [6.07, 6.45) is 0. The van der Waals surface area contributed by atoms with Crippen molar-refractivity contribution >= 4 is 10.9 Å². The number of hydrogen-bond donors (Lipinski definition) is 1. The van der Waals surface area contributed by atoms with Crippen LogP contribution in [-0.2, 0) is 0 Å². The monoisotopic (exact) mass is 284 g/mol. The van der Waals surface area contributed by atoms with E-state index in [9.17, 15) is 8.78 Å². The quantitative estimate of drug-likeness (QED) is 0.791. The van der Waals surface area contributed by atoms with Crippen LogP contribution in [0, 0.1) is 11.6 Å².